The molecule has 1 aliphatic rings. The normalized spacial score (nSPS) is 24.8. The van der Waals surface area contributed by atoms with Crippen molar-refractivity contribution in [2.24, 2.45) is 0 Å². The number of nitrogens with zero attached hydrogens (tertiary/aromatic N) is 4. The molecule has 0 aromatic carbocycles. The fourth-order valence-electron chi connectivity index (χ4n) is 2.89. The van der Waals surface area contributed by atoms with Crippen molar-refractivity contribution >= 4 is 0 Å². The first kappa shape index (κ1) is 14.5. The molecule has 2 heterocycles. The molecule has 0 bridgehead atoms. The monoisotopic (exact) mass is 266 g/mol. The lowest BCUT2D eigenvalue weighted by Crippen LogP contribution is -2.37. The van der Waals surface area contributed by atoms with E-state index >= 15 is 0 Å². The van der Waals surface area contributed by atoms with Gasteiger partial charge in [0.05, 0.1) is 18.1 Å². The van der Waals surface area contributed by atoms with Crippen molar-refractivity contribution in [2.75, 3.05) is 27.2 Å². The molecule has 1 N–H and O–H groups in total. The first-order valence-corrected chi connectivity index (χ1v) is 7.05. The van der Waals surface area contributed by atoms with Gasteiger partial charge in [0.1, 0.15) is 0 Å². The van der Waals surface area contributed by atoms with Gasteiger partial charge in [-0.3, -0.25) is 4.90 Å². The molecule has 1 aliphatic heterocycles. The summed E-state index contributed by atoms with van der Waals surface area (Å²) in [7, 11) is 4.17. The predicted octanol–water partition coefficient (Wildman–Crippen LogP) is 0.961. The number of β-amino-alcohol motifs (C(OH)–C–C–N with tert-alkyl or cyclic N) is 1. The van der Waals surface area contributed by atoms with Gasteiger partial charge < -0.3 is 14.6 Å². The van der Waals surface area contributed by atoms with Crippen LogP contribution >= 0.6 is 0 Å². The number of rotatable bonds is 5. The molecule has 1 fully saturated rings. The summed E-state index contributed by atoms with van der Waals surface area (Å²) < 4.78 is 2.21. The van der Waals surface area contributed by atoms with Crippen LogP contribution in [0.3, 0.4) is 0 Å². The average Bonchev–Trinajstić information content (AvgIpc) is 2.86. The Balaban J connectivity index is 2.06. The van der Waals surface area contributed by atoms with Crippen LogP contribution in [0.5, 0.6) is 0 Å². The summed E-state index contributed by atoms with van der Waals surface area (Å²) in [6.07, 6.45) is 4.51. The van der Waals surface area contributed by atoms with Crippen LogP contribution in [0.4, 0.5) is 0 Å². The molecule has 1 aromatic rings. The van der Waals surface area contributed by atoms with Gasteiger partial charge in [-0.05, 0) is 34.4 Å². The molecule has 0 radical (unpaired) electrons. The Labute approximate surface area is 115 Å². The van der Waals surface area contributed by atoms with Crippen molar-refractivity contribution in [1.29, 1.82) is 0 Å². The molecule has 1 saturated heterocycles. The summed E-state index contributed by atoms with van der Waals surface area (Å²) in [6, 6.07) is 0.859. The van der Waals surface area contributed by atoms with Crippen LogP contribution in [0.25, 0.3) is 0 Å². The van der Waals surface area contributed by atoms with Gasteiger partial charge >= 0.3 is 0 Å². The third kappa shape index (κ3) is 3.55. The Bertz CT molecular complexity index is 402. The van der Waals surface area contributed by atoms with Gasteiger partial charge in [-0.15, -0.1) is 0 Å². The van der Waals surface area contributed by atoms with Crippen molar-refractivity contribution in [3.63, 3.8) is 0 Å². The third-order valence-electron chi connectivity index (χ3n) is 3.75. The number of hydrogen-bond acceptors (Lipinski definition) is 4. The van der Waals surface area contributed by atoms with E-state index in [2.05, 4.69) is 47.3 Å². The van der Waals surface area contributed by atoms with Crippen LogP contribution in [-0.4, -0.2) is 63.8 Å². The van der Waals surface area contributed by atoms with Gasteiger partial charge in [-0.25, -0.2) is 4.98 Å². The zero-order valence-electron chi connectivity index (χ0n) is 12.5. The molecule has 0 aliphatic carbocycles. The molecule has 1 aromatic heterocycles. The number of likely N-dealkylation sites (N-methyl/N-ethyl adjacent to an activating group) is 1. The van der Waals surface area contributed by atoms with E-state index in [1.165, 1.54) is 5.69 Å². The number of imidazole rings is 1. The van der Waals surface area contributed by atoms with Crippen LogP contribution in [0, 0.1) is 0 Å². The smallest absolute Gasteiger partial charge is 0.0951 e. The summed E-state index contributed by atoms with van der Waals surface area (Å²) in [4.78, 5) is 8.82. The molecule has 5 heteroatoms. The van der Waals surface area contributed by atoms with E-state index < -0.39 is 0 Å². The van der Waals surface area contributed by atoms with Crippen LogP contribution < -0.4 is 0 Å². The van der Waals surface area contributed by atoms with Crippen molar-refractivity contribution < 1.29 is 5.11 Å². The van der Waals surface area contributed by atoms with Gasteiger partial charge in [0.2, 0.25) is 0 Å². The summed E-state index contributed by atoms with van der Waals surface area (Å²) in [5.74, 6) is 0. The quantitative estimate of drug-likeness (QED) is 0.862. The molecule has 2 unspecified atom stereocenters. The minimum atomic E-state index is -0.194. The fraction of sp³-hybridized carbons (Fsp3) is 0.786. The second-order valence-corrected chi connectivity index (χ2v) is 6.12. The highest BCUT2D eigenvalue weighted by Gasteiger charge is 2.31. The van der Waals surface area contributed by atoms with E-state index in [4.69, 9.17) is 0 Å². The summed E-state index contributed by atoms with van der Waals surface area (Å²) >= 11 is 0. The van der Waals surface area contributed by atoms with Gasteiger partial charge in [-0.1, -0.05) is 0 Å². The van der Waals surface area contributed by atoms with Crippen molar-refractivity contribution in [1.82, 2.24) is 19.4 Å². The lowest BCUT2D eigenvalue weighted by molar-refractivity contribution is 0.167. The SMILES string of the molecule is CC(C)n1cncc1CN1CC(O)CC1CN(C)C. The van der Waals surface area contributed by atoms with Crippen molar-refractivity contribution in [2.45, 2.75) is 45.0 Å². The van der Waals surface area contributed by atoms with Crippen LogP contribution in [0.2, 0.25) is 0 Å². The zero-order chi connectivity index (χ0) is 14.0. The minimum absolute atomic E-state index is 0.194. The van der Waals surface area contributed by atoms with E-state index in [0.717, 1.165) is 26.1 Å². The Morgan fingerprint density at radius 2 is 2.21 bits per heavy atom. The molecule has 108 valence electrons. The van der Waals surface area contributed by atoms with E-state index in [0.29, 0.717) is 12.1 Å². The largest absolute Gasteiger partial charge is 0.392 e. The Hall–Kier alpha value is -0.910. The third-order valence-corrected chi connectivity index (χ3v) is 3.75. The fourth-order valence-corrected chi connectivity index (χ4v) is 2.89. The standard InChI is InChI=1S/C14H26N4O/c1-11(2)18-10-15-6-13(18)8-17-9-14(19)5-12(17)7-16(3)4/h6,10-12,14,19H,5,7-9H2,1-4H3. The number of aliphatic hydroxyl groups excluding tert-OH is 1. The van der Waals surface area contributed by atoms with Gasteiger partial charge in [-0.2, -0.15) is 0 Å². The second-order valence-electron chi connectivity index (χ2n) is 6.12. The first-order chi connectivity index (χ1) is 8.97. The number of aromatic nitrogens is 2. The van der Waals surface area contributed by atoms with Crippen LogP contribution in [0.1, 0.15) is 32.0 Å². The summed E-state index contributed by atoms with van der Waals surface area (Å²) in [5.41, 5.74) is 1.23. The van der Waals surface area contributed by atoms with Crippen molar-refractivity contribution in [3.8, 4) is 0 Å². The topological polar surface area (TPSA) is 44.5 Å². The van der Waals surface area contributed by atoms with Crippen LogP contribution in [-0.2, 0) is 6.54 Å². The Morgan fingerprint density at radius 1 is 1.47 bits per heavy atom. The number of hydrogen-bond donors (Lipinski definition) is 1. The molecule has 5 nitrogen and oxygen atoms in total. The van der Waals surface area contributed by atoms with E-state index in [1.54, 1.807) is 0 Å². The van der Waals surface area contributed by atoms with Gasteiger partial charge in [0, 0.05) is 37.9 Å². The highest BCUT2D eigenvalue weighted by molar-refractivity contribution is 5.02. The van der Waals surface area contributed by atoms with Gasteiger partial charge in [0.15, 0.2) is 0 Å². The van der Waals surface area contributed by atoms with Crippen LogP contribution in [0.15, 0.2) is 12.5 Å². The maximum absolute atomic E-state index is 9.91. The van der Waals surface area contributed by atoms with E-state index in [1.807, 2.05) is 12.5 Å². The lowest BCUT2D eigenvalue weighted by Gasteiger charge is -2.27. The predicted molar refractivity (Wildman–Crippen MR) is 76.0 cm³/mol. The zero-order valence-corrected chi connectivity index (χ0v) is 12.5. The molecule has 0 saturated carbocycles. The van der Waals surface area contributed by atoms with E-state index in [9.17, 15) is 5.11 Å². The minimum Gasteiger partial charge on any atom is -0.392 e. The summed E-state index contributed by atoms with van der Waals surface area (Å²) in [5, 5.41) is 9.91. The molecule has 2 atom stereocenters. The number of likely N-dealkylation sites (tertiary alicyclic amines) is 1. The maximum Gasteiger partial charge on any atom is 0.0951 e. The molecule has 0 spiro atoms. The maximum atomic E-state index is 9.91. The second kappa shape index (κ2) is 6.03. The number of aliphatic hydroxyl groups is 1. The lowest BCUT2D eigenvalue weighted by atomic mass is 10.2. The molecular weight excluding hydrogens is 240 g/mol. The molecule has 0 amide bonds. The Kier molecular flexibility index (Phi) is 4.60. The summed E-state index contributed by atoms with van der Waals surface area (Å²) in [6.45, 7) is 6.96. The van der Waals surface area contributed by atoms with Gasteiger partial charge in [0.25, 0.3) is 0 Å². The first-order valence-electron chi connectivity index (χ1n) is 7.05. The van der Waals surface area contributed by atoms with Crippen molar-refractivity contribution in [3.05, 3.63) is 18.2 Å². The van der Waals surface area contributed by atoms with E-state index in [-0.39, 0.29) is 6.10 Å². The molecular formula is C14H26N4O. The molecule has 19 heavy (non-hydrogen) atoms. The Morgan fingerprint density at radius 3 is 2.84 bits per heavy atom. The highest BCUT2D eigenvalue weighted by Crippen LogP contribution is 2.22. The molecule has 2 rings (SSSR count). The highest BCUT2D eigenvalue weighted by atomic mass is 16.3. The average molecular weight is 266 g/mol.